The largest absolute Gasteiger partial charge is 0.494 e. The zero-order chi connectivity index (χ0) is 17.0. The van der Waals surface area contributed by atoms with Crippen molar-refractivity contribution in [3.8, 4) is 5.75 Å². The summed E-state index contributed by atoms with van der Waals surface area (Å²) < 4.78 is 12.6. The second-order valence-corrected chi connectivity index (χ2v) is 6.80. The summed E-state index contributed by atoms with van der Waals surface area (Å²) in [6.45, 7) is 9.41. The number of ether oxygens (including phenoxy) is 2. The molecule has 2 aromatic rings. The fourth-order valence-electron chi connectivity index (χ4n) is 2.68. The van der Waals surface area contributed by atoms with E-state index in [-0.39, 0.29) is 17.3 Å². The van der Waals surface area contributed by atoms with Crippen molar-refractivity contribution >= 4 is 17.0 Å². The van der Waals surface area contributed by atoms with Gasteiger partial charge in [-0.2, -0.15) is 0 Å². The van der Waals surface area contributed by atoms with Crippen molar-refractivity contribution in [2.75, 3.05) is 13.7 Å². The van der Waals surface area contributed by atoms with Gasteiger partial charge in [-0.25, -0.2) is 4.98 Å². The molecule has 5 heteroatoms. The van der Waals surface area contributed by atoms with E-state index < -0.39 is 0 Å². The van der Waals surface area contributed by atoms with Crippen molar-refractivity contribution in [1.82, 2.24) is 9.55 Å². The number of para-hydroxylation sites is 1. The Labute approximate surface area is 137 Å². The van der Waals surface area contributed by atoms with Gasteiger partial charge in [0.15, 0.2) is 0 Å². The summed E-state index contributed by atoms with van der Waals surface area (Å²) >= 11 is 0. The molecule has 0 saturated heterocycles. The molecule has 0 aliphatic rings. The maximum absolute atomic E-state index is 11.9. The van der Waals surface area contributed by atoms with Gasteiger partial charge in [0.25, 0.3) is 0 Å². The number of rotatable bonds is 6. The van der Waals surface area contributed by atoms with Crippen molar-refractivity contribution in [2.45, 2.75) is 40.7 Å². The van der Waals surface area contributed by atoms with E-state index in [4.69, 9.17) is 9.47 Å². The molecule has 0 N–H and O–H groups in total. The normalized spacial score (nSPS) is 13.1. The summed E-state index contributed by atoms with van der Waals surface area (Å²) in [5.41, 5.74) is 1.85. The summed E-state index contributed by atoms with van der Waals surface area (Å²) in [5.74, 6) is 0.776. The van der Waals surface area contributed by atoms with E-state index in [2.05, 4.69) is 30.3 Å². The molecule has 23 heavy (non-hydrogen) atoms. The van der Waals surface area contributed by atoms with Crippen LogP contribution in [-0.2, 0) is 16.1 Å². The maximum Gasteiger partial charge on any atom is 0.306 e. The predicted octanol–water partition coefficient (Wildman–Crippen LogP) is 3.66. The quantitative estimate of drug-likeness (QED) is 0.763. The highest BCUT2D eigenvalue weighted by molar-refractivity contribution is 5.81. The highest BCUT2D eigenvalue weighted by atomic mass is 16.5. The Hall–Kier alpha value is -2.04. The molecule has 1 aromatic heterocycles. The number of nitrogens with zero attached hydrogens (tertiary/aromatic N) is 2. The van der Waals surface area contributed by atoms with Crippen molar-refractivity contribution in [1.29, 1.82) is 0 Å². The van der Waals surface area contributed by atoms with Crippen LogP contribution in [0, 0.1) is 11.3 Å². The first-order valence-corrected chi connectivity index (χ1v) is 8.00. The van der Waals surface area contributed by atoms with E-state index in [9.17, 15) is 4.79 Å². The van der Waals surface area contributed by atoms with E-state index in [1.807, 2.05) is 31.5 Å². The Kier molecular flexibility index (Phi) is 5.29. The minimum atomic E-state index is -0.144. The molecule has 1 heterocycles. The first-order valence-electron chi connectivity index (χ1n) is 8.00. The van der Waals surface area contributed by atoms with E-state index >= 15 is 0 Å². The van der Waals surface area contributed by atoms with E-state index in [0.29, 0.717) is 19.6 Å². The fourth-order valence-corrected chi connectivity index (χ4v) is 2.68. The third-order valence-corrected chi connectivity index (χ3v) is 4.19. The third kappa shape index (κ3) is 4.03. The van der Waals surface area contributed by atoms with Gasteiger partial charge < -0.3 is 14.0 Å². The first kappa shape index (κ1) is 17.3. The number of carbonyl (C=O) groups excluding carboxylic acids is 1. The zero-order valence-electron chi connectivity index (χ0n) is 14.6. The highest BCUT2D eigenvalue weighted by Crippen LogP contribution is 2.32. The third-order valence-electron chi connectivity index (χ3n) is 4.19. The minimum Gasteiger partial charge on any atom is -0.494 e. The van der Waals surface area contributed by atoms with Gasteiger partial charge in [-0.05, 0) is 30.4 Å². The molecular weight excluding hydrogens is 292 g/mol. The monoisotopic (exact) mass is 318 g/mol. The number of fused-ring (bicyclic) bond motifs is 1. The van der Waals surface area contributed by atoms with Gasteiger partial charge in [0.2, 0.25) is 0 Å². The molecule has 0 aliphatic heterocycles. The lowest BCUT2D eigenvalue weighted by atomic mass is 9.78. The first-order chi connectivity index (χ1) is 10.9. The summed E-state index contributed by atoms with van der Waals surface area (Å²) in [6.07, 6.45) is 2.22. The van der Waals surface area contributed by atoms with Gasteiger partial charge in [0.1, 0.15) is 11.3 Å². The summed E-state index contributed by atoms with van der Waals surface area (Å²) in [6, 6.07) is 5.88. The maximum atomic E-state index is 11.9. The lowest BCUT2D eigenvalue weighted by Crippen LogP contribution is -2.28. The Morgan fingerprint density at radius 2 is 2.09 bits per heavy atom. The van der Waals surface area contributed by atoms with Gasteiger partial charge in [-0.15, -0.1) is 0 Å². The zero-order valence-corrected chi connectivity index (χ0v) is 14.6. The van der Waals surface area contributed by atoms with Gasteiger partial charge >= 0.3 is 5.97 Å². The van der Waals surface area contributed by atoms with Crippen LogP contribution in [0.2, 0.25) is 0 Å². The molecule has 0 radical (unpaired) electrons. The van der Waals surface area contributed by atoms with Gasteiger partial charge in [0.05, 0.1) is 32.0 Å². The molecular formula is C18H26N2O3. The molecule has 1 atom stereocenters. The molecule has 2 rings (SSSR count). The summed E-state index contributed by atoms with van der Waals surface area (Å²) in [7, 11) is 1.65. The van der Waals surface area contributed by atoms with Crippen LogP contribution in [0.5, 0.6) is 5.75 Å². The van der Waals surface area contributed by atoms with Crippen molar-refractivity contribution < 1.29 is 14.3 Å². The predicted molar refractivity (Wildman–Crippen MR) is 90.5 cm³/mol. The van der Waals surface area contributed by atoms with Crippen LogP contribution >= 0.6 is 0 Å². The molecule has 0 saturated carbocycles. The molecule has 5 nitrogen and oxygen atoms in total. The number of carbonyl (C=O) groups is 1. The second kappa shape index (κ2) is 7.02. The van der Waals surface area contributed by atoms with Crippen LogP contribution in [0.1, 0.15) is 34.1 Å². The smallest absolute Gasteiger partial charge is 0.306 e. The lowest BCUT2D eigenvalue weighted by molar-refractivity contribution is -0.145. The molecule has 1 aromatic carbocycles. The van der Waals surface area contributed by atoms with Crippen LogP contribution < -0.4 is 4.74 Å². The molecule has 0 spiro atoms. The molecule has 0 aliphatic carbocycles. The number of imidazole rings is 1. The van der Waals surface area contributed by atoms with Crippen LogP contribution in [0.3, 0.4) is 0 Å². The molecule has 0 bridgehead atoms. The van der Waals surface area contributed by atoms with Gasteiger partial charge in [-0.1, -0.05) is 26.8 Å². The fraction of sp³-hybridized carbons (Fsp3) is 0.556. The van der Waals surface area contributed by atoms with Crippen LogP contribution in [0.15, 0.2) is 24.5 Å². The van der Waals surface area contributed by atoms with E-state index in [1.54, 1.807) is 7.11 Å². The average Bonchev–Trinajstić information content (AvgIpc) is 2.89. The molecule has 0 amide bonds. The van der Waals surface area contributed by atoms with Crippen LogP contribution in [-0.4, -0.2) is 29.2 Å². The van der Waals surface area contributed by atoms with Gasteiger partial charge in [0, 0.05) is 6.54 Å². The number of benzene rings is 1. The Morgan fingerprint density at radius 3 is 2.70 bits per heavy atom. The summed E-state index contributed by atoms with van der Waals surface area (Å²) in [5, 5.41) is 0. The van der Waals surface area contributed by atoms with Crippen LogP contribution in [0.4, 0.5) is 0 Å². The number of hydrogen-bond donors (Lipinski definition) is 0. The lowest BCUT2D eigenvalue weighted by Gasteiger charge is -2.30. The molecule has 0 fully saturated rings. The highest BCUT2D eigenvalue weighted by Gasteiger charge is 2.28. The molecule has 1 unspecified atom stereocenters. The second-order valence-electron chi connectivity index (χ2n) is 6.80. The minimum absolute atomic E-state index is 0.0117. The number of methoxy groups -OCH3 is 1. The number of esters is 1. The summed E-state index contributed by atoms with van der Waals surface area (Å²) in [4.78, 5) is 16.4. The van der Waals surface area contributed by atoms with Crippen molar-refractivity contribution in [2.24, 2.45) is 11.3 Å². The standard InChI is InChI=1S/C18H26N2O3/c1-6-23-16(21)10-13(18(2,3)4)11-20-12-19-17-14(20)8-7-9-15(17)22-5/h7-9,12-13H,6,10-11H2,1-5H3. The Bertz CT molecular complexity index is 670. The number of hydrogen-bond acceptors (Lipinski definition) is 4. The van der Waals surface area contributed by atoms with Crippen molar-refractivity contribution in [3.63, 3.8) is 0 Å². The molecule has 126 valence electrons. The van der Waals surface area contributed by atoms with Crippen LogP contribution in [0.25, 0.3) is 11.0 Å². The number of aromatic nitrogens is 2. The van der Waals surface area contributed by atoms with E-state index in [0.717, 1.165) is 16.8 Å². The average molecular weight is 318 g/mol. The Balaban J connectivity index is 2.28. The van der Waals surface area contributed by atoms with Crippen molar-refractivity contribution in [3.05, 3.63) is 24.5 Å². The van der Waals surface area contributed by atoms with E-state index in [1.165, 1.54) is 0 Å². The van der Waals surface area contributed by atoms with Gasteiger partial charge in [-0.3, -0.25) is 4.79 Å². The topological polar surface area (TPSA) is 53.4 Å². The SMILES string of the molecule is CCOC(=O)CC(Cn1cnc2c(OC)cccc21)C(C)(C)C. The Morgan fingerprint density at radius 1 is 1.35 bits per heavy atom.